The summed E-state index contributed by atoms with van der Waals surface area (Å²) in [5.74, 6) is -0.0363. The van der Waals surface area contributed by atoms with E-state index in [4.69, 9.17) is 0 Å². The van der Waals surface area contributed by atoms with Crippen LogP contribution in [0.5, 0.6) is 5.75 Å². The third-order valence-corrected chi connectivity index (χ3v) is 4.36. The van der Waals surface area contributed by atoms with Crippen LogP contribution in [0.1, 0.15) is 31.2 Å². The first-order valence-corrected chi connectivity index (χ1v) is 8.81. The van der Waals surface area contributed by atoms with Gasteiger partial charge in [-0.15, -0.1) is 0 Å². The highest BCUT2D eigenvalue weighted by Gasteiger charge is 2.15. The minimum Gasteiger partial charge on any atom is -0.502 e. The molecule has 1 heterocycles. The van der Waals surface area contributed by atoms with Gasteiger partial charge in [-0.3, -0.25) is 14.9 Å². The normalized spacial score (nSPS) is 11.6. The zero-order valence-corrected chi connectivity index (χ0v) is 16.0. The Morgan fingerprint density at radius 2 is 2.04 bits per heavy atom. The average molecular weight is 431 g/mol. The van der Waals surface area contributed by atoms with Crippen molar-refractivity contribution in [2.75, 3.05) is 0 Å². The second-order valence-electron chi connectivity index (χ2n) is 6.15. The quantitative estimate of drug-likeness (QED) is 0.384. The van der Waals surface area contributed by atoms with E-state index in [1.807, 2.05) is 19.9 Å². The summed E-state index contributed by atoms with van der Waals surface area (Å²) in [6, 6.07) is 9.10. The van der Waals surface area contributed by atoms with E-state index in [-0.39, 0.29) is 11.5 Å². The molecule has 0 saturated carbocycles. The molecule has 0 aliphatic rings. The highest BCUT2D eigenvalue weighted by Crippen LogP contribution is 2.25. The van der Waals surface area contributed by atoms with Crippen molar-refractivity contribution in [3.63, 3.8) is 0 Å². The molecule has 1 N–H and O–H groups in total. The molecule has 3 aromatic rings. The van der Waals surface area contributed by atoms with Gasteiger partial charge < -0.3 is 5.11 Å². The first kappa shape index (κ1) is 18.7. The predicted molar refractivity (Wildman–Crippen MR) is 106 cm³/mol. The number of rotatable bonds is 4. The molecule has 8 nitrogen and oxygen atoms in total. The van der Waals surface area contributed by atoms with Crippen LogP contribution < -0.4 is 5.56 Å². The predicted octanol–water partition coefficient (Wildman–Crippen LogP) is 3.78. The van der Waals surface area contributed by atoms with Crippen molar-refractivity contribution >= 4 is 38.7 Å². The molecule has 0 amide bonds. The largest absolute Gasteiger partial charge is 0.502 e. The van der Waals surface area contributed by atoms with Crippen molar-refractivity contribution in [3.8, 4) is 5.75 Å². The summed E-state index contributed by atoms with van der Waals surface area (Å²) < 4.78 is 1.94. The van der Waals surface area contributed by atoms with E-state index in [0.717, 1.165) is 4.47 Å². The maximum absolute atomic E-state index is 12.9. The number of nitro benzene ring substituents is 1. The Balaban J connectivity index is 2.16. The van der Waals surface area contributed by atoms with Crippen molar-refractivity contribution in [1.82, 2.24) is 9.66 Å². The third kappa shape index (κ3) is 3.72. The van der Waals surface area contributed by atoms with E-state index in [9.17, 15) is 20.0 Å². The Bertz CT molecular complexity index is 1140. The second kappa shape index (κ2) is 7.28. The molecule has 3 rings (SSSR count). The van der Waals surface area contributed by atoms with Gasteiger partial charge in [-0.1, -0.05) is 29.8 Å². The van der Waals surface area contributed by atoms with Gasteiger partial charge >= 0.3 is 5.69 Å². The standard InChI is InChI=1S/C18H15BrN4O4/c1-10(2)17-21-14-5-4-12(19)8-13(14)18(25)22(17)20-9-11-3-6-16(24)15(7-11)23(26)27/h3-10,24H,1-2H3. The molecule has 0 bridgehead atoms. The molecule has 138 valence electrons. The fourth-order valence-electron chi connectivity index (χ4n) is 2.54. The summed E-state index contributed by atoms with van der Waals surface area (Å²) in [6.45, 7) is 3.79. The first-order valence-electron chi connectivity index (χ1n) is 8.02. The minimum atomic E-state index is -0.687. The molecule has 0 saturated heterocycles. The number of aromatic hydroxyl groups is 1. The Morgan fingerprint density at radius 3 is 2.70 bits per heavy atom. The Hall–Kier alpha value is -3.07. The summed E-state index contributed by atoms with van der Waals surface area (Å²) in [6.07, 6.45) is 1.32. The second-order valence-corrected chi connectivity index (χ2v) is 7.07. The van der Waals surface area contributed by atoms with Crippen molar-refractivity contribution in [3.05, 3.63) is 72.7 Å². The molecule has 9 heteroatoms. The lowest BCUT2D eigenvalue weighted by Crippen LogP contribution is -2.23. The Labute approximate surface area is 162 Å². The fraction of sp³-hybridized carbons (Fsp3) is 0.167. The number of hydrogen-bond donors (Lipinski definition) is 1. The van der Waals surface area contributed by atoms with Crippen LogP contribution in [-0.2, 0) is 0 Å². The number of hydrogen-bond acceptors (Lipinski definition) is 6. The van der Waals surface area contributed by atoms with Crippen LogP contribution in [0.4, 0.5) is 5.69 Å². The van der Waals surface area contributed by atoms with E-state index < -0.39 is 16.4 Å². The lowest BCUT2D eigenvalue weighted by atomic mass is 10.2. The Morgan fingerprint density at radius 1 is 1.30 bits per heavy atom. The monoisotopic (exact) mass is 430 g/mol. The van der Waals surface area contributed by atoms with Gasteiger partial charge in [-0.05, 0) is 30.3 Å². The lowest BCUT2D eigenvalue weighted by molar-refractivity contribution is -0.385. The maximum Gasteiger partial charge on any atom is 0.311 e. The van der Waals surface area contributed by atoms with E-state index in [1.165, 1.54) is 29.1 Å². The highest BCUT2D eigenvalue weighted by molar-refractivity contribution is 9.10. The number of aromatic nitrogens is 2. The lowest BCUT2D eigenvalue weighted by Gasteiger charge is -2.11. The zero-order chi connectivity index (χ0) is 19.7. The van der Waals surface area contributed by atoms with Crippen LogP contribution in [0, 0.1) is 10.1 Å². The van der Waals surface area contributed by atoms with Crippen LogP contribution in [-0.4, -0.2) is 25.9 Å². The SMILES string of the molecule is CC(C)c1nc2ccc(Br)cc2c(=O)n1N=Cc1ccc(O)c([N+](=O)[O-])c1. The van der Waals surface area contributed by atoms with Crippen molar-refractivity contribution < 1.29 is 10.0 Å². The van der Waals surface area contributed by atoms with E-state index >= 15 is 0 Å². The van der Waals surface area contributed by atoms with Gasteiger partial charge in [0.05, 0.1) is 22.0 Å². The molecule has 0 unspecified atom stereocenters. The van der Waals surface area contributed by atoms with Crippen LogP contribution in [0.2, 0.25) is 0 Å². The number of nitro groups is 1. The number of phenolic OH excluding ortho intramolecular Hbond substituents is 1. The molecule has 0 aliphatic carbocycles. The number of nitrogens with zero attached hydrogens (tertiary/aromatic N) is 4. The molecule has 0 atom stereocenters. The van der Waals surface area contributed by atoms with Crippen molar-refractivity contribution in [2.24, 2.45) is 5.10 Å². The highest BCUT2D eigenvalue weighted by atomic mass is 79.9. The molecular weight excluding hydrogens is 416 g/mol. The van der Waals surface area contributed by atoms with Gasteiger partial charge in [0, 0.05) is 22.0 Å². The molecule has 1 aromatic heterocycles. The fourth-order valence-corrected chi connectivity index (χ4v) is 2.90. The van der Waals surface area contributed by atoms with Crippen LogP contribution in [0.3, 0.4) is 0 Å². The Kier molecular flexibility index (Phi) is 5.04. The van der Waals surface area contributed by atoms with E-state index in [1.54, 1.807) is 12.1 Å². The molecule has 27 heavy (non-hydrogen) atoms. The number of fused-ring (bicyclic) bond motifs is 1. The molecule has 2 aromatic carbocycles. The van der Waals surface area contributed by atoms with Crippen LogP contribution >= 0.6 is 15.9 Å². The van der Waals surface area contributed by atoms with Gasteiger partial charge in [0.2, 0.25) is 0 Å². The van der Waals surface area contributed by atoms with Gasteiger partial charge in [0.25, 0.3) is 5.56 Å². The summed E-state index contributed by atoms with van der Waals surface area (Å²) in [7, 11) is 0. The average Bonchev–Trinajstić information content (AvgIpc) is 2.62. The van der Waals surface area contributed by atoms with E-state index in [2.05, 4.69) is 26.0 Å². The third-order valence-electron chi connectivity index (χ3n) is 3.87. The summed E-state index contributed by atoms with van der Waals surface area (Å²) in [4.78, 5) is 27.7. The molecule has 0 spiro atoms. The number of halogens is 1. The summed E-state index contributed by atoms with van der Waals surface area (Å²) >= 11 is 3.34. The zero-order valence-electron chi connectivity index (χ0n) is 14.5. The summed E-state index contributed by atoms with van der Waals surface area (Å²) in [5, 5.41) is 25.1. The molecular formula is C18H15BrN4O4. The van der Waals surface area contributed by atoms with Crippen molar-refractivity contribution in [2.45, 2.75) is 19.8 Å². The minimum absolute atomic E-state index is 0.0722. The van der Waals surface area contributed by atoms with Gasteiger partial charge in [-0.25, -0.2) is 4.98 Å². The topological polar surface area (TPSA) is 111 Å². The first-order chi connectivity index (χ1) is 12.8. The molecule has 0 aliphatic heterocycles. The van der Waals surface area contributed by atoms with Crippen molar-refractivity contribution in [1.29, 1.82) is 0 Å². The smallest absolute Gasteiger partial charge is 0.311 e. The molecule has 0 fully saturated rings. The van der Waals surface area contributed by atoms with Gasteiger partial charge in [0.1, 0.15) is 5.82 Å². The number of benzene rings is 2. The molecule has 0 radical (unpaired) electrons. The summed E-state index contributed by atoms with van der Waals surface area (Å²) in [5.41, 5.74) is 0.166. The van der Waals surface area contributed by atoms with Crippen LogP contribution in [0.15, 0.2) is 50.8 Å². The van der Waals surface area contributed by atoms with Crippen LogP contribution in [0.25, 0.3) is 10.9 Å². The van der Waals surface area contributed by atoms with Gasteiger partial charge in [0.15, 0.2) is 5.75 Å². The van der Waals surface area contributed by atoms with E-state index in [0.29, 0.717) is 22.3 Å². The van der Waals surface area contributed by atoms with Gasteiger partial charge in [-0.2, -0.15) is 9.78 Å². The maximum atomic E-state index is 12.9. The number of phenols is 1.